The number of anilines is 2. The van der Waals surface area contributed by atoms with Crippen LogP contribution in [0, 0.1) is 11.3 Å². The number of nitriles is 1. The molecule has 0 spiro atoms. The molecule has 4 rings (SSSR count). The van der Waals surface area contributed by atoms with Gasteiger partial charge in [-0.1, -0.05) is 20.8 Å². The highest BCUT2D eigenvalue weighted by Gasteiger charge is 2.33. The number of nitrogens with zero attached hydrogens (tertiary/aromatic N) is 9. The lowest BCUT2D eigenvalue weighted by atomic mass is 9.96. The number of likely N-dealkylation sites (N-methyl/N-ethyl adjacent to an activating group) is 1. The van der Waals surface area contributed by atoms with Gasteiger partial charge in [-0.3, -0.25) is 0 Å². The Kier molecular flexibility index (Phi) is 3.91. The predicted octanol–water partition coefficient (Wildman–Crippen LogP) is 1.41. The maximum atomic E-state index is 9.23. The van der Waals surface area contributed by atoms with E-state index >= 15 is 0 Å². The van der Waals surface area contributed by atoms with Crippen molar-refractivity contribution >= 4 is 17.3 Å². The summed E-state index contributed by atoms with van der Waals surface area (Å²) in [7, 11) is 1.95. The van der Waals surface area contributed by atoms with Crippen LogP contribution in [0.3, 0.4) is 0 Å². The van der Waals surface area contributed by atoms with Crippen molar-refractivity contribution in [1.29, 1.82) is 5.26 Å². The molecule has 0 amide bonds. The first kappa shape index (κ1) is 17.1. The fourth-order valence-corrected chi connectivity index (χ4v) is 3.14. The molecule has 0 N–H and O–H groups in total. The molecule has 1 aliphatic rings. The van der Waals surface area contributed by atoms with Gasteiger partial charge < -0.3 is 9.80 Å². The molecule has 9 nitrogen and oxygen atoms in total. The minimum absolute atomic E-state index is 0.136. The second-order valence-electron chi connectivity index (χ2n) is 7.75. The summed E-state index contributed by atoms with van der Waals surface area (Å²) in [5.41, 5.74) is 0.955. The highest BCUT2D eigenvalue weighted by atomic mass is 15.4. The summed E-state index contributed by atoms with van der Waals surface area (Å²) < 4.78 is 1.82. The Labute approximate surface area is 157 Å². The molecule has 0 aromatic carbocycles. The molecule has 1 saturated heterocycles. The highest BCUT2D eigenvalue weighted by molar-refractivity contribution is 5.54. The molecule has 9 heteroatoms. The molecule has 138 valence electrons. The van der Waals surface area contributed by atoms with E-state index in [4.69, 9.17) is 5.10 Å². The van der Waals surface area contributed by atoms with Crippen molar-refractivity contribution in [3.63, 3.8) is 0 Å². The summed E-state index contributed by atoms with van der Waals surface area (Å²) >= 11 is 0. The van der Waals surface area contributed by atoms with E-state index in [0.717, 1.165) is 30.4 Å². The Balaban J connectivity index is 1.53. The molecule has 0 aliphatic carbocycles. The van der Waals surface area contributed by atoms with Crippen LogP contribution < -0.4 is 9.80 Å². The lowest BCUT2D eigenvalue weighted by Crippen LogP contribution is -2.59. The number of aromatic nitrogens is 6. The summed E-state index contributed by atoms with van der Waals surface area (Å²) in [4.78, 5) is 12.6. The zero-order valence-corrected chi connectivity index (χ0v) is 15.8. The van der Waals surface area contributed by atoms with E-state index in [1.165, 1.54) is 6.20 Å². The van der Waals surface area contributed by atoms with Crippen molar-refractivity contribution < 1.29 is 0 Å². The van der Waals surface area contributed by atoms with Crippen LogP contribution in [0.4, 0.5) is 11.6 Å². The molecule has 0 unspecified atom stereocenters. The van der Waals surface area contributed by atoms with Crippen molar-refractivity contribution in [2.75, 3.05) is 29.9 Å². The molecule has 27 heavy (non-hydrogen) atoms. The van der Waals surface area contributed by atoms with Crippen molar-refractivity contribution in [3.8, 4) is 6.07 Å². The van der Waals surface area contributed by atoms with Crippen LogP contribution in [0.2, 0.25) is 0 Å². The van der Waals surface area contributed by atoms with Gasteiger partial charge in [0.05, 0.1) is 6.04 Å². The van der Waals surface area contributed by atoms with Gasteiger partial charge in [-0.05, 0) is 12.1 Å². The van der Waals surface area contributed by atoms with Gasteiger partial charge >= 0.3 is 0 Å². The smallest absolute Gasteiger partial charge is 0.183 e. The molecule has 4 heterocycles. The molecule has 1 fully saturated rings. The average Bonchev–Trinajstić information content (AvgIpc) is 3.04. The van der Waals surface area contributed by atoms with E-state index < -0.39 is 0 Å². The monoisotopic (exact) mass is 363 g/mol. The normalized spacial score (nSPS) is 14.9. The maximum Gasteiger partial charge on any atom is 0.183 e. The summed E-state index contributed by atoms with van der Waals surface area (Å²) in [5.74, 6) is 2.34. The predicted molar refractivity (Wildman–Crippen MR) is 101 cm³/mol. The van der Waals surface area contributed by atoms with Gasteiger partial charge in [0.15, 0.2) is 23.0 Å². The fraction of sp³-hybridized carbons (Fsp3) is 0.444. The summed E-state index contributed by atoms with van der Waals surface area (Å²) in [6.45, 7) is 7.88. The molecule has 0 radical (unpaired) electrons. The van der Waals surface area contributed by atoms with Gasteiger partial charge in [-0.25, -0.2) is 9.97 Å². The molecule has 3 aromatic rings. The topological polar surface area (TPSA) is 99.1 Å². The third-order valence-corrected chi connectivity index (χ3v) is 4.77. The molecule has 0 atom stereocenters. The van der Waals surface area contributed by atoms with E-state index in [-0.39, 0.29) is 11.5 Å². The first-order valence-electron chi connectivity index (χ1n) is 8.80. The zero-order valence-electron chi connectivity index (χ0n) is 15.8. The molecule has 3 aromatic heterocycles. The Bertz CT molecular complexity index is 1020. The van der Waals surface area contributed by atoms with E-state index in [0.29, 0.717) is 11.5 Å². The average molecular weight is 363 g/mol. The lowest BCUT2D eigenvalue weighted by Gasteiger charge is -2.44. The molecular weight excluding hydrogens is 342 g/mol. The van der Waals surface area contributed by atoms with Crippen LogP contribution in [0.15, 0.2) is 24.5 Å². The molecule has 0 saturated carbocycles. The Hall–Kier alpha value is -3.28. The van der Waals surface area contributed by atoms with Crippen LogP contribution in [-0.2, 0) is 5.41 Å². The maximum absolute atomic E-state index is 9.23. The van der Waals surface area contributed by atoms with E-state index in [2.05, 4.69) is 51.9 Å². The number of rotatable bonds is 3. The highest BCUT2D eigenvalue weighted by Crippen LogP contribution is 2.26. The van der Waals surface area contributed by atoms with Crippen LogP contribution in [0.5, 0.6) is 0 Å². The standard InChI is InChI=1S/C18H21N9/c1-18(2,3)17-23-22-14-5-6-15(24-27(14)17)26-10-12(11-26)25(4)16-13(9-19)20-7-8-21-16/h5-8,12H,10-11H2,1-4H3. The number of hydrogen-bond donors (Lipinski definition) is 0. The van der Waals surface area contributed by atoms with Gasteiger partial charge in [-0.2, -0.15) is 9.78 Å². The fourth-order valence-electron chi connectivity index (χ4n) is 3.14. The number of hydrogen-bond acceptors (Lipinski definition) is 8. The van der Waals surface area contributed by atoms with Gasteiger partial charge in [0.1, 0.15) is 11.9 Å². The van der Waals surface area contributed by atoms with Crippen LogP contribution >= 0.6 is 0 Å². The summed E-state index contributed by atoms with van der Waals surface area (Å²) in [5, 5.41) is 22.5. The van der Waals surface area contributed by atoms with E-state index in [9.17, 15) is 5.26 Å². The molecule has 0 bridgehead atoms. The minimum Gasteiger partial charge on any atom is -0.351 e. The van der Waals surface area contributed by atoms with Gasteiger partial charge in [-0.15, -0.1) is 15.3 Å². The summed E-state index contributed by atoms with van der Waals surface area (Å²) in [6, 6.07) is 6.26. The Morgan fingerprint density at radius 1 is 1.15 bits per heavy atom. The van der Waals surface area contributed by atoms with Crippen LogP contribution in [0.25, 0.3) is 5.65 Å². The van der Waals surface area contributed by atoms with Gasteiger partial charge in [0.2, 0.25) is 0 Å². The van der Waals surface area contributed by atoms with Crippen LogP contribution in [0.1, 0.15) is 32.3 Å². The largest absolute Gasteiger partial charge is 0.351 e. The lowest BCUT2D eigenvalue weighted by molar-refractivity contribution is 0.482. The Morgan fingerprint density at radius 2 is 1.89 bits per heavy atom. The van der Waals surface area contributed by atoms with Crippen molar-refractivity contribution in [1.82, 2.24) is 29.8 Å². The third kappa shape index (κ3) is 2.93. The Morgan fingerprint density at radius 3 is 2.59 bits per heavy atom. The quantitative estimate of drug-likeness (QED) is 0.689. The third-order valence-electron chi connectivity index (χ3n) is 4.77. The number of fused-ring (bicyclic) bond motifs is 1. The van der Waals surface area contributed by atoms with Gasteiger partial charge in [0, 0.05) is 37.9 Å². The second-order valence-corrected chi connectivity index (χ2v) is 7.75. The molecule has 1 aliphatic heterocycles. The van der Waals surface area contributed by atoms with Crippen LogP contribution in [-0.4, -0.2) is 56.0 Å². The van der Waals surface area contributed by atoms with E-state index in [1.54, 1.807) is 6.20 Å². The van der Waals surface area contributed by atoms with Crippen molar-refractivity contribution in [2.24, 2.45) is 0 Å². The van der Waals surface area contributed by atoms with E-state index in [1.807, 2.05) is 28.6 Å². The van der Waals surface area contributed by atoms with Gasteiger partial charge in [0.25, 0.3) is 0 Å². The minimum atomic E-state index is -0.136. The first-order valence-corrected chi connectivity index (χ1v) is 8.80. The SMILES string of the molecule is CN(c1nccnc1C#N)C1CN(c2ccc3nnc(C(C)(C)C)n3n2)C1. The van der Waals surface area contributed by atoms with Crippen molar-refractivity contribution in [3.05, 3.63) is 36.0 Å². The van der Waals surface area contributed by atoms with Crippen molar-refractivity contribution in [2.45, 2.75) is 32.2 Å². The molecular formula is C18H21N9. The zero-order chi connectivity index (χ0) is 19.2. The summed E-state index contributed by atoms with van der Waals surface area (Å²) in [6.07, 6.45) is 3.15. The first-order chi connectivity index (χ1) is 12.9. The second kappa shape index (κ2) is 6.16.